The van der Waals surface area contributed by atoms with E-state index in [-0.39, 0.29) is 0 Å². The first-order valence-electron chi connectivity index (χ1n) is 7.14. The molecule has 1 aromatic heterocycles. The minimum atomic E-state index is 0.798. The lowest BCUT2D eigenvalue weighted by atomic mass is 10.1. The van der Waals surface area contributed by atoms with E-state index in [0.717, 1.165) is 43.4 Å². The van der Waals surface area contributed by atoms with Gasteiger partial charge in [-0.2, -0.15) is 0 Å². The fourth-order valence-electron chi connectivity index (χ4n) is 2.53. The fraction of sp³-hybridized carbons (Fsp3) is 0.375. The van der Waals surface area contributed by atoms with Crippen LogP contribution in [0.3, 0.4) is 0 Å². The molecular weight excluding hydrogens is 248 g/mol. The van der Waals surface area contributed by atoms with E-state index in [1.807, 2.05) is 13.0 Å². The zero-order chi connectivity index (χ0) is 13.9. The molecule has 0 radical (unpaired) electrons. The van der Waals surface area contributed by atoms with Crippen molar-refractivity contribution in [1.29, 1.82) is 0 Å². The van der Waals surface area contributed by atoms with Gasteiger partial charge < -0.3 is 10.6 Å². The van der Waals surface area contributed by atoms with E-state index in [2.05, 4.69) is 45.7 Å². The molecule has 0 spiro atoms. The van der Waals surface area contributed by atoms with Crippen molar-refractivity contribution >= 4 is 5.82 Å². The zero-order valence-electron chi connectivity index (χ0n) is 12.0. The first kappa shape index (κ1) is 13.1. The normalized spacial score (nSPS) is 13.3. The molecule has 1 aromatic carbocycles. The minimum absolute atomic E-state index is 0.798. The van der Waals surface area contributed by atoms with Crippen LogP contribution in [-0.4, -0.2) is 9.97 Å². The molecule has 1 aliphatic heterocycles. The molecular formula is C16H20N4. The number of nitrogens with one attached hydrogen (secondary N) is 2. The van der Waals surface area contributed by atoms with Crippen LogP contribution >= 0.6 is 0 Å². The van der Waals surface area contributed by atoms with Gasteiger partial charge in [0.25, 0.3) is 0 Å². The minimum Gasteiger partial charge on any atom is -0.366 e. The first-order chi connectivity index (χ1) is 9.74. The lowest BCUT2D eigenvalue weighted by Gasteiger charge is -2.09. The lowest BCUT2D eigenvalue weighted by molar-refractivity contribution is 0.764. The Morgan fingerprint density at radius 3 is 2.85 bits per heavy atom. The molecule has 0 aliphatic carbocycles. The van der Waals surface area contributed by atoms with Crippen molar-refractivity contribution in [2.45, 2.75) is 39.9 Å². The summed E-state index contributed by atoms with van der Waals surface area (Å²) in [5, 5.41) is 6.77. The molecule has 2 aromatic rings. The molecule has 20 heavy (non-hydrogen) atoms. The van der Waals surface area contributed by atoms with Gasteiger partial charge >= 0.3 is 0 Å². The zero-order valence-corrected chi connectivity index (χ0v) is 12.0. The van der Waals surface area contributed by atoms with Crippen LogP contribution in [0.25, 0.3) is 0 Å². The van der Waals surface area contributed by atoms with Crippen LogP contribution in [0.2, 0.25) is 0 Å². The second kappa shape index (κ2) is 5.59. The number of fused-ring (bicyclic) bond motifs is 1. The summed E-state index contributed by atoms with van der Waals surface area (Å²) in [5.74, 6) is 1.80. The summed E-state index contributed by atoms with van der Waals surface area (Å²) in [6.07, 6.45) is 0.862. The van der Waals surface area contributed by atoms with Crippen LogP contribution in [-0.2, 0) is 26.1 Å². The van der Waals surface area contributed by atoms with Crippen LogP contribution in [0.4, 0.5) is 5.82 Å². The van der Waals surface area contributed by atoms with Crippen molar-refractivity contribution in [1.82, 2.24) is 15.3 Å². The summed E-state index contributed by atoms with van der Waals surface area (Å²) in [6.45, 7) is 6.86. The van der Waals surface area contributed by atoms with Gasteiger partial charge in [-0.15, -0.1) is 0 Å². The number of rotatable bonds is 4. The molecule has 0 bridgehead atoms. The molecule has 1 aliphatic rings. The third-order valence-electron chi connectivity index (χ3n) is 3.59. The van der Waals surface area contributed by atoms with E-state index >= 15 is 0 Å². The second-order valence-corrected chi connectivity index (χ2v) is 5.22. The molecule has 0 unspecified atom stereocenters. The third kappa shape index (κ3) is 2.80. The van der Waals surface area contributed by atoms with Crippen molar-refractivity contribution in [3.63, 3.8) is 0 Å². The maximum Gasteiger partial charge on any atom is 0.130 e. The maximum absolute atomic E-state index is 4.51. The summed E-state index contributed by atoms with van der Waals surface area (Å²) >= 11 is 0. The quantitative estimate of drug-likeness (QED) is 0.895. The number of benzene rings is 1. The van der Waals surface area contributed by atoms with E-state index in [0.29, 0.717) is 0 Å². The monoisotopic (exact) mass is 268 g/mol. The van der Waals surface area contributed by atoms with Crippen molar-refractivity contribution in [3.05, 3.63) is 52.5 Å². The lowest BCUT2D eigenvalue weighted by Crippen LogP contribution is -2.05. The summed E-state index contributed by atoms with van der Waals surface area (Å²) in [4.78, 5) is 8.90. The van der Waals surface area contributed by atoms with Gasteiger partial charge in [0.1, 0.15) is 11.6 Å². The van der Waals surface area contributed by atoms with Gasteiger partial charge in [0.2, 0.25) is 0 Å². The summed E-state index contributed by atoms with van der Waals surface area (Å²) < 4.78 is 0. The van der Waals surface area contributed by atoms with E-state index in [1.165, 1.54) is 16.7 Å². The highest BCUT2D eigenvalue weighted by atomic mass is 15.0. The average Bonchev–Trinajstić information content (AvgIpc) is 2.92. The van der Waals surface area contributed by atoms with Gasteiger partial charge in [0, 0.05) is 37.8 Å². The van der Waals surface area contributed by atoms with E-state index in [4.69, 9.17) is 0 Å². The smallest absolute Gasteiger partial charge is 0.130 e. The molecule has 4 heteroatoms. The molecule has 3 rings (SSSR count). The summed E-state index contributed by atoms with van der Waals surface area (Å²) in [6, 6.07) is 8.67. The fourth-order valence-corrected chi connectivity index (χ4v) is 2.53. The molecule has 0 fully saturated rings. The van der Waals surface area contributed by atoms with E-state index in [1.54, 1.807) is 0 Å². The van der Waals surface area contributed by atoms with Crippen LogP contribution in [0.1, 0.15) is 35.1 Å². The van der Waals surface area contributed by atoms with E-state index < -0.39 is 0 Å². The number of aryl methyl sites for hydroxylation is 2. The molecule has 104 valence electrons. The predicted molar refractivity (Wildman–Crippen MR) is 80.5 cm³/mol. The van der Waals surface area contributed by atoms with Crippen molar-refractivity contribution < 1.29 is 0 Å². The average molecular weight is 268 g/mol. The van der Waals surface area contributed by atoms with Gasteiger partial charge in [0.15, 0.2) is 0 Å². The van der Waals surface area contributed by atoms with E-state index in [9.17, 15) is 0 Å². The van der Waals surface area contributed by atoms with Crippen LogP contribution in [0, 0.1) is 6.92 Å². The largest absolute Gasteiger partial charge is 0.366 e. The number of aromatic nitrogens is 2. The SMILES string of the molecule is CCc1nc(C)cc(NCc2ccc3c(c2)CNC3)n1. The Bertz CT molecular complexity index is 622. The van der Waals surface area contributed by atoms with Crippen LogP contribution in [0.15, 0.2) is 24.3 Å². The number of anilines is 1. The first-order valence-corrected chi connectivity index (χ1v) is 7.14. The number of hydrogen-bond acceptors (Lipinski definition) is 4. The second-order valence-electron chi connectivity index (χ2n) is 5.22. The highest BCUT2D eigenvalue weighted by molar-refractivity contribution is 5.39. The molecule has 2 heterocycles. The highest BCUT2D eigenvalue weighted by Crippen LogP contribution is 2.18. The highest BCUT2D eigenvalue weighted by Gasteiger charge is 2.10. The van der Waals surface area contributed by atoms with Crippen molar-refractivity contribution in [2.24, 2.45) is 0 Å². The Balaban J connectivity index is 1.71. The summed E-state index contributed by atoms with van der Waals surface area (Å²) in [7, 11) is 0. The third-order valence-corrected chi connectivity index (χ3v) is 3.59. The molecule has 2 N–H and O–H groups in total. The Kier molecular flexibility index (Phi) is 3.65. The Hall–Kier alpha value is -1.94. The van der Waals surface area contributed by atoms with Crippen LogP contribution < -0.4 is 10.6 Å². The van der Waals surface area contributed by atoms with Gasteiger partial charge in [0.05, 0.1) is 0 Å². The van der Waals surface area contributed by atoms with Crippen LogP contribution in [0.5, 0.6) is 0 Å². The number of hydrogen-bond donors (Lipinski definition) is 2. The van der Waals surface area contributed by atoms with Crippen molar-refractivity contribution in [3.8, 4) is 0 Å². The molecule has 0 saturated heterocycles. The summed E-state index contributed by atoms with van der Waals surface area (Å²) in [5.41, 5.74) is 5.14. The topological polar surface area (TPSA) is 49.8 Å². The van der Waals surface area contributed by atoms with Crippen molar-refractivity contribution in [2.75, 3.05) is 5.32 Å². The molecule has 0 amide bonds. The Morgan fingerprint density at radius 1 is 1.15 bits per heavy atom. The molecule has 0 atom stereocenters. The predicted octanol–water partition coefficient (Wildman–Crippen LogP) is 2.56. The van der Waals surface area contributed by atoms with Gasteiger partial charge in [-0.3, -0.25) is 0 Å². The maximum atomic E-state index is 4.51. The standard InChI is InChI=1S/C16H20N4/c1-3-15-19-11(2)6-16(20-15)18-8-12-4-5-13-9-17-10-14(13)7-12/h4-7,17H,3,8-10H2,1-2H3,(H,18,19,20). The Morgan fingerprint density at radius 2 is 2.00 bits per heavy atom. The Labute approximate surface area is 119 Å². The van der Waals surface area contributed by atoms with Gasteiger partial charge in [-0.05, 0) is 23.6 Å². The van der Waals surface area contributed by atoms with Gasteiger partial charge in [-0.1, -0.05) is 25.1 Å². The number of nitrogens with zero attached hydrogens (tertiary/aromatic N) is 2. The molecule has 4 nitrogen and oxygen atoms in total. The molecule has 0 saturated carbocycles. The van der Waals surface area contributed by atoms with Gasteiger partial charge in [-0.25, -0.2) is 9.97 Å².